The fourth-order valence-corrected chi connectivity index (χ4v) is 1.25. The maximum absolute atomic E-state index is 11.5. The standard InChI is InChI=1S/C10H19NO2/c1-7(8-5-11-6-8)9(12)13-10(2,3)4/h7-8,11H,5-6H2,1-4H3. The first kappa shape index (κ1) is 10.5. The van der Waals surface area contributed by atoms with Gasteiger partial charge in [0.1, 0.15) is 5.60 Å². The number of esters is 1. The zero-order valence-electron chi connectivity index (χ0n) is 8.89. The molecule has 0 aliphatic carbocycles. The molecule has 1 atom stereocenters. The smallest absolute Gasteiger partial charge is 0.309 e. The highest BCUT2D eigenvalue weighted by atomic mass is 16.6. The van der Waals surface area contributed by atoms with Crippen LogP contribution >= 0.6 is 0 Å². The van der Waals surface area contributed by atoms with Crippen LogP contribution in [0.25, 0.3) is 0 Å². The maximum atomic E-state index is 11.5. The Morgan fingerprint density at radius 3 is 2.31 bits per heavy atom. The molecule has 13 heavy (non-hydrogen) atoms. The minimum absolute atomic E-state index is 0.0282. The molecule has 0 spiro atoms. The van der Waals surface area contributed by atoms with Gasteiger partial charge in [0.15, 0.2) is 0 Å². The van der Waals surface area contributed by atoms with E-state index in [-0.39, 0.29) is 17.5 Å². The van der Waals surface area contributed by atoms with Crippen molar-refractivity contribution in [1.82, 2.24) is 5.32 Å². The number of carbonyl (C=O) groups is 1. The molecule has 3 heteroatoms. The van der Waals surface area contributed by atoms with Crippen molar-refractivity contribution in [1.29, 1.82) is 0 Å². The Kier molecular flexibility index (Phi) is 2.96. The van der Waals surface area contributed by atoms with E-state index in [1.165, 1.54) is 0 Å². The highest BCUT2D eigenvalue weighted by Crippen LogP contribution is 2.20. The van der Waals surface area contributed by atoms with Crippen LogP contribution in [0.15, 0.2) is 0 Å². The highest BCUT2D eigenvalue weighted by Gasteiger charge is 2.31. The van der Waals surface area contributed by atoms with Crippen molar-refractivity contribution in [2.24, 2.45) is 11.8 Å². The van der Waals surface area contributed by atoms with Crippen molar-refractivity contribution in [3.63, 3.8) is 0 Å². The first-order chi connectivity index (χ1) is 5.90. The molecule has 0 aromatic carbocycles. The minimum Gasteiger partial charge on any atom is -0.460 e. The zero-order chi connectivity index (χ0) is 10.1. The van der Waals surface area contributed by atoms with Gasteiger partial charge in [-0.1, -0.05) is 6.92 Å². The van der Waals surface area contributed by atoms with Gasteiger partial charge in [0.2, 0.25) is 0 Å². The third-order valence-electron chi connectivity index (χ3n) is 2.30. The van der Waals surface area contributed by atoms with Crippen LogP contribution in [0, 0.1) is 11.8 Å². The summed E-state index contributed by atoms with van der Waals surface area (Å²) in [4.78, 5) is 11.5. The van der Waals surface area contributed by atoms with E-state index in [1.807, 2.05) is 27.7 Å². The summed E-state index contributed by atoms with van der Waals surface area (Å²) < 4.78 is 5.29. The topological polar surface area (TPSA) is 38.3 Å². The van der Waals surface area contributed by atoms with E-state index >= 15 is 0 Å². The molecule has 1 N–H and O–H groups in total. The summed E-state index contributed by atoms with van der Waals surface area (Å²) in [6.45, 7) is 9.53. The average Bonchev–Trinajstić information content (AvgIpc) is 1.78. The van der Waals surface area contributed by atoms with E-state index in [1.54, 1.807) is 0 Å². The summed E-state index contributed by atoms with van der Waals surface area (Å²) in [6.07, 6.45) is 0. The van der Waals surface area contributed by atoms with Gasteiger partial charge in [-0.3, -0.25) is 4.79 Å². The third kappa shape index (κ3) is 2.99. The first-order valence-corrected chi connectivity index (χ1v) is 4.84. The van der Waals surface area contributed by atoms with E-state index in [4.69, 9.17) is 4.74 Å². The zero-order valence-corrected chi connectivity index (χ0v) is 8.89. The first-order valence-electron chi connectivity index (χ1n) is 4.84. The molecule has 0 saturated carbocycles. The van der Waals surface area contributed by atoms with Gasteiger partial charge in [-0.05, 0) is 39.8 Å². The second-order valence-corrected chi connectivity index (χ2v) is 4.74. The van der Waals surface area contributed by atoms with Crippen LogP contribution in [0.2, 0.25) is 0 Å². The molecule has 1 aliphatic rings. The number of hydrogen-bond donors (Lipinski definition) is 1. The number of carbonyl (C=O) groups excluding carboxylic acids is 1. The summed E-state index contributed by atoms with van der Waals surface area (Å²) >= 11 is 0. The molecule has 3 nitrogen and oxygen atoms in total. The van der Waals surface area contributed by atoms with Gasteiger partial charge in [-0.15, -0.1) is 0 Å². The number of rotatable bonds is 2. The second kappa shape index (κ2) is 3.66. The van der Waals surface area contributed by atoms with Crippen molar-refractivity contribution in [3.05, 3.63) is 0 Å². The van der Waals surface area contributed by atoms with E-state index in [2.05, 4.69) is 5.32 Å². The lowest BCUT2D eigenvalue weighted by atomic mass is 9.89. The van der Waals surface area contributed by atoms with Gasteiger partial charge in [0.05, 0.1) is 5.92 Å². The van der Waals surface area contributed by atoms with Crippen LogP contribution in [0.3, 0.4) is 0 Å². The Morgan fingerprint density at radius 2 is 2.00 bits per heavy atom. The Bertz CT molecular complexity index is 192. The van der Waals surface area contributed by atoms with Crippen LogP contribution < -0.4 is 5.32 Å². The van der Waals surface area contributed by atoms with E-state index in [9.17, 15) is 4.79 Å². The number of hydrogen-bond acceptors (Lipinski definition) is 3. The monoisotopic (exact) mass is 185 g/mol. The summed E-state index contributed by atoms with van der Waals surface area (Å²) in [5, 5.41) is 3.15. The Morgan fingerprint density at radius 1 is 1.46 bits per heavy atom. The largest absolute Gasteiger partial charge is 0.460 e. The van der Waals surface area contributed by atoms with Crippen LogP contribution in [0.4, 0.5) is 0 Å². The van der Waals surface area contributed by atoms with Gasteiger partial charge in [-0.2, -0.15) is 0 Å². The molecule has 0 bridgehead atoms. The SMILES string of the molecule is CC(C(=O)OC(C)(C)C)C1CNC1. The van der Waals surface area contributed by atoms with Gasteiger partial charge >= 0.3 is 5.97 Å². The molecule has 1 unspecified atom stereocenters. The van der Waals surface area contributed by atoms with Gasteiger partial charge in [0, 0.05) is 0 Å². The van der Waals surface area contributed by atoms with Crippen molar-refractivity contribution in [3.8, 4) is 0 Å². The molecular formula is C10H19NO2. The normalized spacial score (nSPS) is 20.6. The van der Waals surface area contributed by atoms with Crippen molar-refractivity contribution >= 4 is 5.97 Å². The Hall–Kier alpha value is -0.570. The van der Waals surface area contributed by atoms with Crippen LogP contribution in [-0.4, -0.2) is 24.7 Å². The molecule has 0 aromatic rings. The second-order valence-electron chi connectivity index (χ2n) is 4.74. The molecule has 1 aliphatic heterocycles. The molecule has 1 saturated heterocycles. The molecule has 76 valence electrons. The van der Waals surface area contributed by atoms with Gasteiger partial charge in [-0.25, -0.2) is 0 Å². The molecule has 1 rings (SSSR count). The van der Waals surface area contributed by atoms with Crippen molar-refractivity contribution in [2.45, 2.75) is 33.3 Å². The number of ether oxygens (including phenoxy) is 1. The maximum Gasteiger partial charge on any atom is 0.309 e. The molecule has 0 amide bonds. The summed E-state index contributed by atoms with van der Waals surface area (Å²) in [6, 6.07) is 0. The van der Waals surface area contributed by atoms with E-state index in [0.29, 0.717) is 5.92 Å². The van der Waals surface area contributed by atoms with E-state index < -0.39 is 0 Å². The molecule has 1 heterocycles. The molecule has 1 fully saturated rings. The minimum atomic E-state index is -0.359. The lowest BCUT2D eigenvalue weighted by molar-refractivity contribution is -0.162. The Labute approximate surface area is 79.8 Å². The quantitative estimate of drug-likeness (QED) is 0.657. The highest BCUT2D eigenvalue weighted by molar-refractivity contribution is 5.73. The molecule has 0 radical (unpaired) electrons. The molecular weight excluding hydrogens is 166 g/mol. The van der Waals surface area contributed by atoms with Crippen LogP contribution in [0.1, 0.15) is 27.7 Å². The third-order valence-corrected chi connectivity index (χ3v) is 2.30. The summed E-state index contributed by atoms with van der Waals surface area (Å²) in [7, 11) is 0. The predicted octanol–water partition coefficient (Wildman–Crippen LogP) is 1.18. The lowest BCUT2D eigenvalue weighted by Gasteiger charge is -2.33. The molecule has 0 aromatic heterocycles. The number of nitrogens with one attached hydrogen (secondary N) is 1. The van der Waals surface area contributed by atoms with Gasteiger partial charge < -0.3 is 10.1 Å². The van der Waals surface area contributed by atoms with Crippen LogP contribution in [-0.2, 0) is 9.53 Å². The summed E-state index contributed by atoms with van der Waals surface area (Å²) in [5.74, 6) is 0.425. The van der Waals surface area contributed by atoms with E-state index in [0.717, 1.165) is 13.1 Å². The average molecular weight is 185 g/mol. The van der Waals surface area contributed by atoms with Crippen LogP contribution in [0.5, 0.6) is 0 Å². The van der Waals surface area contributed by atoms with Gasteiger partial charge in [0.25, 0.3) is 0 Å². The van der Waals surface area contributed by atoms with Crippen molar-refractivity contribution < 1.29 is 9.53 Å². The van der Waals surface area contributed by atoms with Crippen molar-refractivity contribution in [2.75, 3.05) is 13.1 Å². The Balaban J connectivity index is 2.38. The summed E-state index contributed by atoms with van der Waals surface area (Å²) in [5.41, 5.74) is -0.359. The fraction of sp³-hybridized carbons (Fsp3) is 0.900. The predicted molar refractivity (Wildman–Crippen MR) is 51.4 cm³/mol. The fourth-order valence-electron chi connectivity index (χ4n) is 1.25. The lowest BCUT2D eigenvalue weighted by Crippen LogP contribution is -2.48.